The lowest BCUT2D eigenvalue weighted by Crippen LogP contribution is -2.04. The summed E-state index contributed by atoms with van der Waals surface area (Å²) in [5.74, 6) is 0. The maximum Gasteiger partial charge on any atom is 0.294 e. The molecule has 0 fully saturated rings. The van der Waals surface area contributed by atoms with E-state index < -0.39 is 5.09 Å². The van der Waals surface area contributed by atoms with Crippen molar-refractivity contribution >= 4 is 12.1 Å². The van der Waals surface area contributed by atoms with Crippen molar-refractivity contribution < 1.29 is 14.7 Å². The van der Waals surface area contributed by atoms with Crippen molar-refractivity contribution in [3.8, 4) is 0 Å². The Morgan fingerprint density at radius 1 is 1.40 bits per heavy atom. The highest BCUT2D eigenvalue weighted by molar-refractivity contribution is 5.70. The molecule has 1 amide bonds. The van der Waals surface area contributed by atoms with Crippen molar-refractivity contribution in [2.24, 2.45) is 0 Å². The zero-order chi connectivity index (χ0) is 11.1. The van der Waals surface area contributed by atoms with Gasteiger partial charge in [0.1, 0.15) is 6.61 Å². The quantitative estimate of drug-likeness (QED) is 0.431. The number of nitrogens with zero attached hydrogens (tertiary/aromatic N) is 1. The first-order valence-electron chi connectivity index (χ1n) is 4.29. The minimum atomic E-state index is -0.817. The molecule has 0 aliphatic carbocycles. The number of carbonyl (C=O) groups is 1. The molecule has 1 aromatic rings. The van der Waals surface area contributed by atoms with Gasteiger partial charge >= 0.3 is 0 Å². The van der Waals surface area contributed by atoms with E-state index in [1.165, 1.54) is 0 Å². The van der Waals surface area contributed by atoms with Crippen molar-refractivity contribution in [1.29, 1.82) is 0 Å². The lowest BCUT2D eigenvalue weighted by molar-refractivity contribution is -0.757. The minimum Gasteiger partial charge on any atom is -0.329 e. The fraction of sp³-hybridized carbons (Fsp3) is 0.222. The normalized spacial score (nSPS) is 9.33. The summed E-state index contributed by atoms with van der Waals surface area (Å²) in [6.45, 7) is 0.0352. The summed E-state index contributed by atoms with van der Waals surface area (Å²) in [7, 11) is 0. The second-order valence-electron chi connectivity index (χ2n) is 2.77. The molecular weight excluding hydrogens is 200 g/mol. The molecule has 15 heavy (non-hydrogen) atoms. The standard InChI is InChI=1S/C9H10N2O4/c12-7-10-9-3-1-8(2-4-9)5-6-15-11(13)14/h1-4,7H,5-6H2,(H,10,12). The monoisotopic (exact) mass is 210 g/mol. The number of hydrogen-bond acceptors (Lipinski definition) is 4. The Morgan fingerprint density at radius 3 is 2.60 bits per heavy atom. The van der Waals surface area contributed by atoms with Crippen LogP contribution in [0.5, 0.6) is 0 Å². The van der Waals surface area contributed by atoms with Gasteiger partial charge in [-0.15, -0.1) is 10.1 Å². The molecule has 0 bridgehead atoms. The topological polar surface area (TPSA) is 81.5 Å². The van der Waals surface area contributed by atoms with Crippen molar-refractivity contribution in [3.05, 3.63) is 39.9 Å². The zero-order valence-corrected chi connectivity index (χ0v) is 7.88. The van der Waals surface area contributed by atoms with Gasteiger partial charge in [-0.25, -0.2) is 0 Å². The molecule has 0 atom stereocenters. The van der Waals surface area contributed by atoms with E-state index >= 15 is 0 Å². The van der Waals surface area contributed by atoms with E-state index in [0.29, 0.717) is 18.5 Å². The number of carbonyl (C=O) groups excluding carboxylic acids is 1. The summed E-state index contributed by atoms with van der Waals surface area (Å²) in [6, 6.07) is 6.98. The van der Waals surface area contributed by atoms with Gasteiger partial charge < -0.3 is 10.2 Å². The molecule has 0 aliphatic rings. The van der Waals surface area contributed by atoms with Gasteiger partial charge in [0.25, 0.3) is 5.09 Å². The number of rotatable bonds is 6. The van der Waals surface area contributed by atoms with Crippen LogP contribution < -0.4 is 5.32 Å². The van der Waals surface area contributed by atoms with Crippen molar-refractivity contribution in [2.75, 3.05) is 11.9 Å². The molecule has 0 radical (unpaired) electrons. The average Bonchev–Trinajstić information content (AvgIpc) is 2.20. The Morgan fingerprint density at radius 2 is 2.07 bits per heavy atom. The van der Waals surface area contributed by atoms with Crippen LogP contribution in [0.15, 0.2) is 24.3 Å². The molecule has 1 N–H and O–H groups in total. The molecule has 80 valence electrons. The van der Waals surface area contributed by atoms with Gasteiger partial charge in [-0.1, -0.05) is 12.1 Å². The molecule has 0 aliphatic heterocycles. The van der Waals surface area contributed by atoms with Crippen LogP contribution in [0.3, 0.4) is 0 Å². The van der Waals surface area contributed by atoms with E-state index in [1.807, 2.05) is 0 Å². The predicted octanol–water partition coefficient (Wildman–Crippen LogP) is 1.01. The molecule has 6 nitrogen and oxygen atoms in total. The van der Waals surface area contributed by atoms with Gasteiger partial charge in [0.15, 0.2) is 0 Å². The molecule has 0 heterocycles. The van der Waals surface area contributed by atoms with E-state index in [-0.39, 0.29) is 6.61 Å². The first kappa shape index (κ1) is 11.0. The van der Waals surface area contributed by atoms with E-state index in [0.717, 1.165) is 5.56 Å². The Kier molecular flexibility index (Phi) is 4.08. The summed E-state index contributed by atoms with van der Waals surface area (Å²) in [4.78, 5) is 24.1. The minimum absolute atomic E-state index is 0.0352. The largest absolute Gasteiger partial charge is 0.329 e. The van der Waals surface area contributed by atoms with Gasteiger partial charge in [0, 0.05) is 5.69 Å². The first-order valence-corrected chi connectivity index (χ1v) is 4.29. The summed E-state index contributed by atoms with van der Waals surface area (Å²) in [5.41, 5.74) is 1.59. The lowest BCUT2D eigenvalue weighted by Gasteiger charge is -2.02. The molecular formula is C9H10N2O4. The second-order valence-corrected chi connectivity index (χ2v) is 2.77. The van der Waals surface area contributed by atoms with Crippen LogP contribution in [-0.4, -0.2) is 18.1 Å². The summed E-state index contributed by atoms with van der Waals surface area (Å²) in [5, 5.41) is 11.5. The van der Waals surface area contributed by atoms with Gasteiger partial charge in [0.05, 0.1) is 0 Å². The highest BCUT2D eigenvalue weighted by atomic mass is 16.9. The van der Waals surface area contributed by atoms with E-state index in [2.05, 4.69) is 10.2 Å². The molecule has 1 aromatic carbocycles. The third-order valence-corrected chi connectivity index (χ3v) is 1.77. The maximum atomic E-state index is 10.1. The Balaban J connectivity index is 2.42. The van der Waals surface area contributed by atoms with Crippen LogP contribution in [-0.2, 0) is 16.1 Å². The number of amides is 1. The molecule has 0 saturated carbocycles. The van der Waals surface area contributed by atoms with Crippen LogP contribution in [0.4, 0.5) is 5.69 Å². The highest BCUT2D eigenvalue weighted by Crippen LogP contribution is 2.09. The predicted molar refractivity (Wildman–Crippen MR) is 52.8 cm³/mol. The zero-order valence-electron chi connectivity index (χ0n) is 7.88. The van der Waals surface area contributed by atoms with Gasteiger partial charge in [0.2, 0.25) is 6.41 Å². The molecule has 0 spiro atoms. The number of anilines is 1. The summed E-state index contributed by atoms with van der Waals surface area (Å²) in [6.07, 6.45) is 1.05. The fourth-order valence-corrected chi connectivity index (χ4v) is 1.07. The Bertz CT molecular complexity index is 336. The van der Waals surface area contributed by atoms with Crippen LogP contribution in [0.1, 0.15) is 5.56 Å². The molecule has 1 rings (SSSR count). The van der Waals surface area contributed by atoms with Crippen molar-refractivity contribution in [1.82, 2.24) is 0 Å². The van der Waals surface area contributed by atoms with E-state index in [9.17, 15) is 14.9 Å². The molecule has 0 unspecified atom stereocenters. The van der Waals surface area contributed by atoms with Crippen molar-refractivity contribution in [2.45, 2.75) is 6.42 Å². The van der Waals surface area contributed by atoms with Crippen LogP contribution in [0.2, 0.25) is 0 Å². The average molecular weight is 210 g/mol. The van der Waals surface area contributed by atoms with Crippen LogP contribution in [0.25, 0.3) is 0 Å². The first-order chi connectivity index (χ1) is 7.22. The molecule has 0 aromatic heterocycles. The number of benzene rings is 1. The van der Waals surface area contributed by atoms with E-state index in [4.69, 9.17) is 0 Å². The number of hydrogen-bond donors (Lipinski definition) is 1. The number of nitrogens with one attached hydrogen (secondary N) is 1. The smallest absolute Gasteiger partial charge is 0.294 e. The van der Waals surface area contributed by atoms with Gasteiger partial charge in [-0.3, -0.25) is 4.79 Å². The summed E-state index contributed by atoms with van der Waals surface area (Å²) >= 11 is 0. The molecule has 6 heteroatoms. The van der Waals surface area contributed by atoms with Gasteiger partial charge in [-0.05, 0) is 24.1 Å². The van der Waals surface area contributed by atoms with E-state index in [1.54, 1.807) is 24.3 Å². The highest BCUT2D eigenvalue weighted by Gasteiger charge is 1.97. The Labute approximate surface area is 86.0 Å². The van der Waals surface area contributed by atoms with Crippen LogP contribution in [0, 0.1) is 10.1 Å². The Hall–Kier alpha value is -2.11. The maximum absolute atomic E-state index is 10.1. The van der Waals surface area contributed by atoms with Crippen LogP contribution >= 0.6 is 0 Å². The second kappa shape index (κ2) is 5.58. The lowest BCUT2D eigenvalue weighted by atomic mass is 10.1. The van der Waals surface area contributed by atoms with Crippen molar-refractivity contribution in [3.63, 3.8) is 0 Å². The fourth-order valence-electron chi connectivity index (χ4n) is 1.07. The molecule has 0 saturated heterocycles. The van der Waals surface area contributed by atoms with Gasteiger partial charge in [-0.2, -0.15) is 0 Å². The summed E-state index contributed by atoms with van der Waals surface area (Å²) < 4.78 is 0. The third kappa shape index (κ3) is 4.08. The SMILES string of the molecule is O=CNc1ccc(CCO[N+](=O)[O-])cc1. The third-order valence-electron chi connectivity index (χ3n) is 1.77.